The summed E-state index contributed by atoms with van der Waals surface area (Å²) in [6, 6.07) is 16.3. The SMILES string of the molecule is CN(C)c1ccc(-c2nc3ccccc3cc2CNCC2CCN(c3nccc(/C=C4\SC(=O)NC4=O)n3)CC2)cn1. The Morgan fingerprint density at radius 1 is 1.07 bits per heavy atom. The van der Waals surface area contributed by atoms with E-state index in [1.165, 1.54) is 0 Å². The molecule has 2 aliphatic rings. The summed E-state index contributed by atoms with van der Waals surface area (Å²) < 4.78 is 0. The van der Waals surface area contributed by atoms with Crippen molar-refractivity contribution < 1.29 is 9.59 Å². The van der Waals surface area contributed by atoms with Crippen molar-refractivity contribution in [2.24, 2.45) is 5.92 Å². The van der Waals surface area contributed by atoms with E-state index in [2.05, 4.69) is 48.7 Å². The molecule has 2 aliphatic heterocycles. The van der Waals surface area contributed by atoms with E-state index in [0.717, 1.165) is 84.3 Å². The van der Waals surface area contributed by atoms with Crippen LogP contribution in [0.5, 0.6) is 0 Å². The summed E-state index contributed by atoms with van der Waals surface area (Å²) in [5.74, 6) is 1.71. The van der Waals surface area contributed by atoms with Crippen molar-refractivity contribution in [3.8, 4) is 11.3 Å². The van der Waals surface area contributed by atoms with E-state index >= 15 is 0 Å². The number of amides is 2. The lowest BCUT2D eigenvalue weighted by molar-refractivity contribution is -0.115. The summed E-state index contributed by atoms with van der Waals surface area (Å²) in [7, 11) is 3.97. The molecule has 0 radical (unpaired) electrons. The molecule has 1 aromatic carbocycles. The van der Waals surface area contributed by atoms with E-state index in [-0.39, 0.29) is 11.1 Å². The third-order valence-electron chi connectivity index (χ3n) is 7.51. The molecule has 0 unspecified atom stereocenters. The average Bonchev–Trinajstić information content (AvgIpc) is 3.33. The molecule has 0 saturated carbocycles. The number of nitrogens with one attached hydrogen (secondary N) is 2. The van der Waals surface area contributed by atoms with Crippen LogP contribution in [0.2, 0.25) is 0 Å². The second-order valence-corrected chi connectivity index (χ2v) is 11.7. The minimum atomic E-state index is -0.385. The molecular formula is C31H32N8O2S. The third-order valence-corrected chi connectivity index (χ3v) is 8.32. The molecule has 2 N–H and O–H groups in total. The lowest BCUT2D eigenvalue weighted by Crippen LogP contribution is -2.38. The van der Waals surface area contributed by atoms with Crippen LogP contribution in [0, 0.1) is 5.92 Å². The summed E-state index contributed by atoms with van der Waals surface area (Å²) >= 11 is 0.889. The number of aromatic nitrogens is 4. The van der Waals surface area contributed by atoms with Crippen molar-refractivity contribution in [2.75, 3.05) is 43.5 Å². The smallest absolute Gasteiger partial charge is 0.290 e. The number of carbonyl (C=O) groups excluding carboxylic acids is 2. The van der Waals surface area contributed by atoms with Crippen LogP contribution in [0.1, 0.15) is 24.1 Å². The number of anilines is 2. The van der Waals surface area contributed by atoms with Gasteiger partial charge in [-0.15, -0.1) is 0 Å². The van der Waals surface area contributed by atoms with E-state index in [1.807, 2.05) is 49.5 Å². The number of carbonyl (C=O) groups is 2. The van der Waals surface area contributed by atoms with Crippen molar-refractivity contribution in [3.05, 3.63) is 77.1 Å². The van der Waals surface area contributed by atoms with Gasteiger partial charge in [0.2, 0.25) is 5.95 Å². The number of piperidine rings is 1. The van der Waals surface area contributed by atoms with Crippen LogP contribution in [0.3, 0.4) is 0 Å². The third kappa shape index (κ3) is 6.27. The van der Waals surface area contributed by atoms with Gasteiger partial charge in [0.05, 0.1) is 21.8 Å². The van der Waals surface area contributed by atoms with Crippen LogP contribution in [-0.4, -0.2) is 64.8 Å². The molecule has 0 aliphatic carbocycles. The lowest BCUT2D eigenvalue weighted by atomic mass is 9.96. The number of hydrogen-bond acceptors (Lipinski definition) is 10. The molecule has 3 aromatic heterocycles. The van der Waals surface area contributed by atoms with Crippen molar-refractivity contribution in [2.45, 2.75) is 19.4 Å². The molecule has 6 rings (SSSR count). The fraction of sp³-hybridized carbons (Fsp3) is 0.290. The predicted octanol–water partition coefficient (Wildman–Crippen LogP) is 4.48. The lowest BCUT2D eigenvalue weighted by Gasteiger charge is -2.32. The molecule has 214 valence electrons. The maximum Gasteiger partial charge on any atom is 0.290 e. The van der Waals surface area contributed by atoms with Crippen molar-refractivity contribution in [1.29, 1.82) is 0 Å². The van der Waals surface area contributed by atoms with Crippen LogP contribution in [0.25, 0.3) is 28.2 Å². The van der Waals surface area contributed by atoms with E-state index in [9.17, 15) is 9.59 Å². The number of nitrogens with zero attached hydrogens (tertiary/aromatic N) is 6. The Balaban J connectivity index is 1.08. The molecular weight excluding hydrogens is 548 g/mol. The number of pyridine rings is 2. The minimum absolute atomic E-state index is 0.348. The van der Waals surface area contributed by atoms with Gasteiger partial charge in [-0.25, -0.2) is 19.9 Å². The van der Waals surface area contributed by atoms with Gasteiger partial charge in [0.1, 0.15) is 5.82 Å². The molecule has 11 heteroatoms. The Labute approximate surface area is 248 Å². The largest absolute Gasteiger partial charge is 0.363 e. The molecule has 2 fully saturated rings. The molecule has 42 heavy (non-hydrogen) atoms. The molecule has 2 saturated heterocycles. The molecule has 10 nitrogen and oxygen atoms in total. The van der Waals surface area contributed by atoms with Crippen molar-refractivity contribution in [3.63, 3.8) is 0 Å². The first-order valence-corrected chi connectivity index (χ1v) is 14.8. The first kappa shape index (κ1) is 27.8. The van der Waals surface area contributed by atoms with E-state index in [1.54, 1.807) is 18.3 Å². The fourth-order valence-corrected chi connectivity index (χ4v) is 5.90. The Morgan fingerprint density at radius 2 is 1.90 bits per heavy atom. The van der Waals surface area contributed by atoms with Crippen LogP contribution >= 0.6 is 11.8 Å². The Kier molecular flexibility index (Phi) is 8.11. The highest BCUT2D eigenvalue weighted by atomic mass is 32.2. The second-order valence-electron chi connectivity index (χ2n) is 10.7. The zero-order valence-electron chi connectivity index (χ0n) is 23.6. The summed E-state index contributed by atoms with van der Waals surface area (Å²) in [6.45, 7) is 3.33. The number of benzene rings is 1. The van der Waals surface area contributed by atoms with Gasteiger partial charge in [0.25, 0.3) is 11.1 Å². The molecule has 2 amide bonds. The zero-order chi connectivity index (χ0) is 29.1. The summed E-state index contributed by atoms with van der Waals surface area (Å²) in [4.78, 5) is 46.6. The number of thioether (sulfide) groups is 1. The monoisotopic (exact) mass is 580 g/mol. The topological polar surface area (TPSA) is 116 Å². The van der Waals surface area contributed by atoms with Crippen LogP contribution in [0.4, 0.5) is 16.6 Å². The fourth-order valence-electron chi connectivity index (χ4n) is 5.23. The van der Waals surface area contributed by atoms with E-state index < -0.39 is 0 Å². The van der Waals surface area contributed by atoms with Crippen molar-refractivity contribution in [1.82, 2.24) is 30.6 Å². The maximum atomic E-state index is 11.9. The Morgan fingerprint density at radius 3 is 2.64 bits per heavy atom. The molecule has 0 bridgehead atoms. The highest BCUT2D eigenvalue weighted by Crippen LogP contribution is 2.28. The van der Waals surface area contributed by atoms with Crippen LogP contribution in [-0.2, 0) is 11.3 Å². The first-order valence-electron chi connectivity index (χ1n) is 14.0. The summed E-state index contributed by atoms with van der Waals surface area (Å²) in [5.41, 5.74) is 4.71. The van der Waals surface area contributed by atoms with Gasteiger partial charge in [0.15, 0.2) is 0 Å². The standard InChI is InChI=1S/C31H32N8O2S/c1-38(2)27-8-7-22(19-34-27)28-23(15-21-5-3-4-6-25(21)36-28)18-32-17-20-10-13-39(14-11-20)30-33-12-9-24(35-30)16-26-29(40)37-31(41)42-26/h3-9,12,15-16,19-20,32H,10-11,13-14,17-18H2,1-2H3,(H,37,40,41)/b26-16-. The Hall–Kier alpha value is -4.35. The highest BCUT2D eigenvalue weighted by Gasteiger charge is 2.26. The van der Waals surface area contributed by atoms with E-state index in [0.29, 0.717) is 22.5 Å². The van der Waals surface area contributed by atoms with Gasteiger partial charge in [0, 0.05) is 57.1 Å². The first-order chi connectivity index (χ1) is 20.4. The van der Waals surface area contributed by atoms with Gasteiger partial charge in [-0.05, 0) is 79.0 Å². The minimum Gasteiger partial charge on any atom is -0.363 e. The van der Waals surface area contributed by atoms with Gasteiger partial charge < -0.3 is 15.1 Å². The quantitative estimate of drug-likeness (QED) is 0.289. The van der Waals surface area contributed by atoms with Crippen molar-refractivity contribution >= 4 is 51.7 Å². The van der Waals surface area contributed by atoms with Gasteiger partial charge >= 0.3 is 0 Å². The number of rotatable bonds is 8. The van der Waals surface area contributed by atoms with Crippen LogP contribution in [0.15, 0.2) is 65.8 Å². The summed E-state index contributed by atoms with van der Waals surface area (Å²) in [6.07, 6.45) is 7.27. The highest BCUT2D eigenvalue weighted by molar-refractivity contribution is 8.18. The number of para-hydroxylation sites is 1. The average molecular weight is 581 g/mol. The van der Waals surface area contributed by atoms with Crippen LogP contribution < -0.4 is 20.4 Å². The van der Waals surface area contributed by atoms with E-state index in [4.69, 9.17) is 4.98 Å². The second kappa shape index (κ2) is 12.3. The summed E-state index contributed by atoms with van der Waals surface area (Å²) in [5, 5.41) is 6.73. The number of fused-ring (bicyclic) bond motifs is 1. The number of hydrogen-bond donors (Lipinski definition) is 2. The normalized spacial score (nSPS) is 16.8. The molecule has 0 spiro atoms. The maximum absolute atomic E-state index is 11.9. The predicted molar refractivity (Wildman–Crippen MR) is 167 cm³/mol. The Bertz CT molecular complexity index is 1650. The molecule has 5 heterocycles. The number of imide groups is 1. The molecule has 4 aromatic rings. The molecule has 0 atom stereocenters. The van der Waals surface area contributed by atoms with Gasteiger partial charge in [-0.2, -0.15) is 0 Å². The van der Waals surface area contributed by atoms with Gasteiger partial charge in [-0.1, -0.05) is 18.2 Å². The zero-order valence-corrected chi connectivity index (χ0v) is 24.4. The van der Waals surface area contributed by atoms with Gasteiger partial charge in [-0.3, -0.25) is 14.9 Å².